The number of allylic oxidation sites excluding steroid dienone is 6. The van der Waals surface area contributed by atoms with Gasteiger partial charge in [0.15, 0.2) is 0 Å². The molecule has 0 fully saturated rings. The summed E-state index contributed by atoms with van der Waals surface area (Å²) in [6.07, 6.45) is 12.8. The van der Waals surface area contributed by atoms with E-state index in [1.807, 2.05) is 12.2 Å². The van der Waals surface area contributed by atoms with Gasteiger partial charge >= 0.3 is 5.97 Å². The average molecular weight is 394 g/mol. The van der Waals surface area contributed by atoms with Crippen molar-refractivity contribution in [3.63, 3.8) is 0 Å². The highest BCUT2D eigenvalue weighted by atomic mass is 16.4. The molecule has 0 atom stereocenters. The molecule has 0 aliphatic heterocycles. The molecule has 2 rings (SSSR count). The van der Waals surface area contributed by atoms with Crippen molar-refractivity contribution in [2.75, 3.05) is 0 Å². The Hall–Kier alpha value is -2.88. The molecule has 0 bridgehead atoms. The molecular formula is C25H31NO3. The summed E-state index contributed by atoms with van der Waals surface area (Å²) in [6.45, 7) is 10.6. The standard InChI is InChI=1S/C25H31NO3/c1-5-20(17-22-18(2)9-6-7-16-25(22,3)4)23(26-29)11-8-10-19-12-14-21(15-13-19)24(27)28/h5,8,10,12-15,17,29H,1,6-7,9,11,16H2,2-4H3,(H,27,28)/b10-8?,20-17+,26-23+. The van der Waals surface area contributed by atoms with Crippen molar-refractivity contribution in [1.82, 2.24) is 0 Å². The fourth-order valence-electron chi connectivity index (χ4n) is 3.80. The Morgan fingerprint density at radius 2 is 1.93 bits per heavy atom. The number of aromatic carboxylic acids is 1. The van der Waals surface area contributed by atoms with E-state index in [4.69, 9.17) is 5.11 Å². The summed E-state index contributed by atoms with van der Waals surface area (Å²) < 4.78 is 0. The molecule has 1 aliphatic rings. The quantitative estimate of drug-likeness (QED) is 0.236. The first-order chi connectivity index (χ1) is 13.8. The normalized spacial score (nSPS) is 18.0. The average Bonchev–Trinajstić information content (AvgIpc) is 2.82. The maximum atomic E-state index is 10.9. The molecule has 1 aromatic rings. The van der Waals surface area contributed by atoms with Gasteiger partial charge in [-0.3, -0.25) is 0 Å². The van der Waals surface area contributed by atoms with Gasteiger partial charge in [-0.05, 0) is 66.5 Å². The van der Waals surface area contributed by atoms with Crippen LogP contribution in [0.4, 0.5) is 0 Å². The van der Waals surface area contributed by atoms with Crippen LogP contribution in [0.3, 0.4) is 0 Å². The molecule has 4 nitrogen and oxygen atoms in total. The van der Waals surface area contributed by atoms with Crippen molar-refractivity contribution in [1.29, 1.82) is 0 Å². The van der Waals surface area contributed by atoms with Crippen LogP contribution in [0.15, 0.2) is 70.9 Å². The van der Waals surface area contributed by atoms with Crippen LogP contribution in [-0.2, 0) is 0 Å². The highest BCUT2D eigenvalue weighted by Crippen LogP contribution is 2.40. The minimum absolute atomic E-state index is 0.0805. The molecule has 0 spiro atoms. The molecule has 0 saturated carbocycles. The predicted octanol–water partition coefficient (Wildman–Crippen LogP) is 6.65. The molecule has 1 aromatic carbocycles. The van der Waals surface area contributed by atoms with Crippen molar-refractivity contribution >= 4 is 17.8 Å². The topological polar surface area (TPSA) is 69.9 Å². The van der Waals surface area contributed by atoms with Crippen LogP contribution in [0.5, 0.6) is 0 Å². The number of benzene rings is 1. The van der Waals surface area contributed by atoms with Gasteiger partial charge in [-0.15, -0.1) is 0 Å². The molecule has 0 saturated heterocycles. The number of hydrogen-bond acceptors (Lipinski definition) is 3. The van der Waals surface area contributed by atoms with Gasteiger partial charge in [0.1, 0.15) is 0 Å². The van der Waals surface area contributed by atoms with Crippen LogP contribution in [0.1, 0.15) is 68.8 Å². The van der Waals surface area contributed by atoms with E-state index in [1.54, 1.807) is 30.3 Å². The van der Waals surface area contributed by atoms with Crippen LogP contribution >= 0.6 is 0 Å². The Morgan fingerprint density at radius 3 is 2.52 bits per heavy atom. The molecule has 4 heteroatoms. The number of hydrogen-bond donors (Lipinski definition) is 2. The van der Waals surface area contributed by atoms with Crippen molar-refractivity contribution in [3.8, 4) is 0 Å². The Morgan fingerprint density at radius 1 is 1.24 bits per heavy atom. The molecule has 0 radical (unpaired) electrons. The number of carbonyl (C=O) groups is 1. The zero-order valence-corrected chi connectivity index (χ0v) is 17.6. The van der Waals surface area contributed by atoms with E-state index in [2.05, 4.69) is 38.6 Å². The number of rotatable bonds is 7. The molecule has 0 heterocycles. The molecule has 0 aromatic heterocycles. The Balaban J connectivity index is 2.21. The number of nitrogens with zero attached hydrogens (tertiary/aromatic N) is 1. The summed E-state index contributed by atoms with van der Waals surface area (Å²) >= 11 is 0. The molecule has 2 N–H and O–H groups in total. The van der Waals surface area contributed by atoms with Gasteiger partial charge in [0.2, 0.25) is 0 Å². The molecule has 0 amide bonds. The second kappa shape index (κ2) is 10.1. The highest BCUT2D eigenvalue weighted by Gasteiger charge is 2.26. The van der Waals surface area contributed by atoms with Crippen LogP contribution in [0.25, 0.3) is 6.08 Å². The minimum Gasteiger partial charge on any atom is -0.478 e. The molecular weight excluding hydrogens is 362 g/mol. The van der Waals surface area contributed by atoms with Crippen molar-refractivity contribution < 1.29 is 15.1 Å². The lowest BCUT2D eigenvalue weighted by Crippen LogP contribution is -2.15. The molecule has 0 unspecified atom stereocenters. The summed E-state index contributed by atoms with van der Waals surface area (Å²) in [5, 5.41) is 22.1. The first-order valence-electron chi connectivity index (χ1n) is 10.0. The number of carboxylic acids is 1. The SMILES string of the molecule is C=CC(=C\C1=C(C)CCCCC1(C)C)/C(CC=Cc1ccc(C(=O)O)cc1)=N/O. The lowest BCUT2D eigenvalue weighted by molar-refractivity contribution is 0.0697. The first-order valence-corrected chi connectivity index (χ1v) is 10.0. The summed E-state index contributed by atoms with van der Waals surface area (Å²) in [4.78, 5) is 10.9. The maximum absolute atomic E-state index is 10.9. The van der Waals surface area contributed by atoms with Crippen molar-refractivity contribution in [2.24, 2.45) is 10.6 Å². The Bertz CT molecular complexity index is 868. The smallest absolute Gasteiger partial charge is 0.335 e. The van der Waals surface area contributed by atoms with Gasteiger partial charge in [-0.25, -0.2) is 4.79 Å². The number of oxime groups is 1. The monoisotopic (exact) mass is 393 g/mol. The van der Waals surface area contributed by atoms with Crippen LogP contribution in [0.2, 0.25) is 0 Å². The van der Waals surface area contributed by atoms with E-state index in [-0.39, 0.29) is 11.0 Å². The van der Waals surface area contributed by atoms with E-state index < -0.39 is 5.97 Å². The van der Waals surface area contributed by atoms with Crippen LogP contribution in [-0.4, -0.2) is 22.0 Å². The molecule has 1 aliphatic carbocycles. The van der Waals surface area contributed by atoms with Gasteiger partial charge in [0.25, 0.3) is 0 Å². The van der Waals surface area contributed by atoms with E-state index in [0.717, 1.165) is 24.0 Å². The highest BCUT2D eigenvalue weighted by molar-refractivity contribution is 6.03. The van der Waals surface area contributed by atoms with E-state index in [1.165, 1.54) is 24.0 Å². The first kappa shape index (κ1) is 22.4. The predicted molar refractivity (Wildman–Crippen MR) is 120 cm³/mol. The maximum Gasteiger partial charge on any atom is 0.335 e. The van der Waals surface area contributed by atoms with E-state index >= 15 is 0 Å². The van der Waals surface area contributed by atoms with Crippen LogP contribution in [0, 0.1) is 5.41 Å². The summed E-state index contributed by atoms with van der Waals surface area (Å²) in [5.74, 6) is -0.943. The van der Waals surface area contributed by atoms with Gasteiger partial charge in [0, 0.05) is 6.42 Å². The van der Waals surface area contributed by atoms with Crippen molar-refractivity contribution in [3.05, 3.63) is 76.9 Å². The minimum atomic E-state index is -0.943. The zero-order valence-electron chi connectivity index (χ0n) is 17.6. The fourth-order valence-corrected chi connectivity index (χ4v) is 3.80. The van der Waals surface area contributed by atoms with Crippen LogP contribution < -0.4 is 0 Å². The summed E-state index contributed by atoms with van der Waals surface area (Å²) in [6, 6.07) is 6.65. The summed E-state index contributed by atoms with van der Waals surface area (Å²) in [7, 11) is 0. The van der Waals surface area contributed by atoms with Gasteiger partial charge in [-0.1, -0.05) is 67.9 Å². The molecule has 154 valence electrons. The fraction of sp³-hybridized carbons (Fsp3) is 0.360. The zero-order chi connectivity index (χ0) is 21.4. The third-order valence-electron chi connectivity index (χ3n) is 5.55. The van der Waals surface area contributed by atoms with Crippen molar-refractivity contribution in [2.45, 2.75) is 52.9 Å². The second-order valence-electron chi connectivity index (χ2n) is 8.17. The third kappa shape index (κ3) is 6.05. The Kier molecular flexibility index (Phi) is 7.77. The third-order valence-corrected chi connectivity index (χ3v) is 5.55. The van der Waals surface area contributed by atoms with Gasteiger partial charge in [0.05, 0.1) is 11.3 Å². The van der Waals surface area contributed by atoms with Gasteiger partial charge in [-0.2, -0.15) is 0 Å². The second-order valence-corrected chi connectivity index (χ2v) is 8.17. The lowest BCUT2D eigenvalue weighted by Gasteiger charge is -2.27. The summed E-state index contributed by atoms with van der Waals surface area (Å²) in [5.41, 5.74) is 5.29. The number of carboxylic acid groups (broad SMARTS) is 1. The molecule has 29 heavy (non-hydrogen) atoms. The largest absolute Gasteiger partial charge is 0.478 e. The van der Waals surface area contributed by atoms with Gasteiger partial charge < -0.3 is 10.3 Å². The van der Waals surface area contributed by atoms with E-state index in [0.29, 0.717) is 12.1 Å². The Labute approximate surface area is 173 Å². The van der Waals surface area contributed by atoms with E-state index in [9.17, 15) is 10.0 Å². The lowest BCUT2D eigenvalue weighted by atomic mass is 9.78.